The highest BCUT2D eigenvalue weighted by atomic mass is 35.5. The number of thioether (sulfide) groups is 1. The third-order valence-electron chi connectivity index (χ3n) is 4.37. The number of ether oxygens (including phenoxy) is 1. The number of para-hydroxylation sites is 1. The predicted molar refractivity (Wildman–Crippen MR) is 112 cm³/mol. The maximum atomic E-state index is 13.0. The lowest BCUT2D eigenvalue weighted by Gasteiger charge is -2.12. The normalized spacial score (nSPS) is 11.5. The number of benzene rings is 1. The van der Waals surface area contributed by atoms with E-state index in [0.717, 1.165) is 17.8 Å². The van der Waals surface area contributed by atoms with Gasteiger partial charge in [0.25, 0.3) is 5.56 Å². The van der Waals surface area contributed by atoms with Crippen LogP contribution in [0.1, 0.15) is 12.1 Å². The fraction of sp³-hybridized carbons (Fsp3) is 0.250. The van der Waals surface area contributed by atoms with Crippen molar-refractivity contribution in [2.75, 3.05) is 13.7 Å². The Morgan fingerprint density at radius 2 is 2.00 bits per heavy atom. The van der Waals surface area contributed by atoms with Gasteiger partial charge in [0.05, 0.1) is 21.6 Å². The third kappa shape index (κ3) is 3.92. The standard InChI is InChI=1S/C20H19ClN4O2S/c1-27-10-4-9-25-19(26)16-5-2-3-6-17(16)23-20(25)28-13-15-12-24-11-14(21)7-8-18(24)22-15/h2-3,5-8,11-12H,4,9-10,13H2,1H3. The van der Waals surface area contributed by atoms with Crippen LogP contribution in [0.5, 0.6) is 0 Å². The molecule has 0 atom stereocenters. The zero-order valence-electron chi connectivity index (χ0n) is 15.3. The number of halogens is 1. The summed E-state index contributed by atoms with van der Waals surface area (Å²) < 4.78 is 8.77. The number of pyridine rings is 1. The van der Waals surface area contributed by atoms with E-state index in [1.54, 1.807) is 11.7 Å². The lowest BCUT2D eigenvalue weighted by Crippen LogP contribution is -2.24. The van der Waals surface area contributed by atoms with Gasteiger partial charge in [-0.15, -0.1) is 0 Å². The van der Waals surface area contributed by atoms with Gasteiger partial charge in [0.15, 0.2) is 5.16 Å². The van der Waals surface area contributed by atoms with Crippen LogP contribution in [0.15, 0.2) is 58.7 Å². The molecule has 0 radical (unpaired) electrons. The van der Waals surface area contributed by atoms with Crippen molar-refractivity contribution in [2.45, 2.75) is 23.9 Å². The highest BCUT2D eigenvalue weighted by Crippen LogP contribution is 2.23. The maximum absolute atomic E-state index is 13.0. The lowest BCUT2D eigenvalue weighted by molar-refractivity contribution is 0.189. The van der Waals surface area contributed by atoms with Crippen LogP contribution in [0.25, 0.3) is 16.6 Å². The van der Waals surface area contributed by atoms with E-state index in [2.05, 4.69) is 4.98 Å². The quantitative estimate of drug-likeness (QED) is 0.259. The molecular weight excluding hydrogens is 396 g/mol. The van der Waals surface area contributed by atoms with E-state index < -0.39 is 0 Å². The first-order chi connectivity index (χ1) is 13.7. The second kappa shape index (κ2) is 8.34. The molecule has 8 heteroatoms. The van der Waals surface area contributed by atoms with Crippen LogP contribution >= 0.6 is 23.4 Å². The molecule has 0 fully saturated rings. The SMILES string of the molecule is COCCCn1c(SCc2cn3cc(Cl)ccc3n2)nc2ccccc2c1=O. The molecule has 0 unspecified atom stereocenters. The van der Waals surface area contributed by atoms with Gasteiger partial charge in [-0.3, -0.25) is 9.36 Å². The first-order valence-corrected chi connectivity index (χ1v) is 10.3. The number of hydrogen-bond acceptors (Lipinski definition) is 5. The summed E-state index contributed by atoms with van der Waals surface area (Å²) in [5.74, 6) is 0.606. The molecule has 0 amide bonds. The van der Waals surface area contributed by atoms with Crippen molar-refractivity contribution in [3.63, 3.8) is 0 Å². The van der Waals surface area contributed by atoms with Crippen molar-refractivity contribution in [1.82, 2.24) is 18.9 Å². The average Bonchev–Trinajstić information content (AvgIpc) is 3.10. The number of aromatic nitrogens is 4. The molecule has 0 N–H and O–H groups in total. The summed E-state index contributed by atoms with van der Waals surface area (Å²) in [7, 11) is 1.66. The van der Waals surface area contributed by atoms with E-state index in [-0.39, 0.29) is 5.56 Å². The van der Waals surface area contributed by atoms with Gasteiger partial charge in [-0.25, -0.2) is 9.97 Å². The number of nitrogens with zero attached hydrogens (tertiary/aromatic N) is 4. The molecule has 0 saturated heterocycles. The molecule has 3 aromatic heterocycles. The van der Waals surface area contributed by atoms with E-state index in [4.69, 9.17) is 21.3 Å². The van der Waals surface area contributed by atoms with Crippen molar-refractivity contribution < 1.29 is 4.74 Å². The summed E-state index contributed by atoms with van der Waals surface area (Å²) in [4.78, 5) is 22.3. The van der Waals surface area contributed by atoms with E-state index in [9.17, 15) is 4.79 Å². The Balaban J connectivity index is 1.65. The summed E-state index contributed by atoms with van der Waals surface area (Å²) in [5, 5.41) is 1.98. The Morgan fingerprint density at radius 3 is 2.86 bits per heavy atom. The maximum Gasteiger partial charge on any atom is 0.262 e. The van der Waals surface area contributed by atoms with Crippen LogP contribution in [0.4, 0.5) is 0 Å². The number of hydrogen-bond donors (Lipinski definition) is 0. The molecule has 0 bridgehead atoms. The van der Waals surface area contributed by atoms with Crippen LogP contribution in [-0.2, 0) is 17.0 Å². The van der Waals surface area contributed by atoms with Gasteiger partial charge in [-0.2, -0.15) is 0 Å². The topological polar surface area (TPSA) is 61.4 Å². The Morgan fingerprint density at radius 1 is 1.14 bits per heavy atom. The molecule has 0 aliphatic carbocycles. The summed E-state index contributed by atoms with van der Waals surface area (Å²) in [5.41, 5.74) is 2.42. The minimum absolute atomic E-state index is 0.0222. The van der Waals surface area contributed by atoms with Crippen molar-refractivity contribution in [2.24, 2.45) is 0 Å². The predicted octanol–water partition coefficient (Wildman–Crippen LogP) is 4.03. The van der Waals surface area contributed by atoms with E-state index in [1.165, 1.54) is 11.8 Å². The smallest absolute Gasteiger partial charge is 0.262 e. The van der Waals surface area contributed by atoms with Crippen LogP contribution in [-0.4, -0.2) is 32.7 Å². The number of imidazole rings is 1. The van der Waals surface area contributed by atoms with Crippen molar-refractivity contribution in [3.8, 4) is 0 Å². The number of fused-ring (bicyclic) bond motifs is 2. The van der Waals surface area contributed by atoms with Gasteiger partial charge >= 0.3 is 0 Å². The molecular formula is C20H19ClN4O2S. The zero-order chi connectivity index (χ0) is 19.5. The van der Waals surface area contributed by atoms with Crippen LogP contribution in [0.2, 0.25) is 5.02 Å². The lowest BCUT2D eigenvalue weighted by atomic mass is 10.2. The molecule has 144 valence electrons. The molecule has 0 saturated carbocycles. The Hall–Kier alpha value is -2.35. The Labute approximate surface area is 171 Å². The average molecular weight is 415 g/mol. The van der Waals surface area contributed by atoms with Gasteiger partial charge in [0.1, 0.15) is 5.65 Å². The van der Waals surface area contributed by atoms with Crippen LogP contribution in [0, 0.1) is 0 Å². The van der Waals surface area contributed by atoms with E-state index >= 15 is 0 Å². The molecule has 4 rings (SSSR count). The number of rotatable bonds is 7. The highest BCUT2D eigenvalue weighted by Gasteiger charge is 2.12. The van der Waals surface area contributed by atoms with Gasteiger partial charge < -0.3 is 9.14 Å². The van der Waals surface area contributed by atoms with Gasteiger partial charge in [-0.1, -0.05) is 35.5 Å². The second-order valence-corrected chi connectivity index (χ2v) is 7.73. The molecule has 0 aliphatic heterocycles. The third-order valence-corrected chi connectivity index (χ3v) is 5.60. The molecule has 3 heterocycles. The summed E-state index contributed by atoms with van der Waals surface area (Å²) in [6, 6.07) is 11.1. The van der Waals surface area contributed by atoms with Gasteiger partial charge in [0, 0.05) is 38.4 Å². The molecule has 0 aliphatic rings. The molecule has 4 aromatic rings. The first-order valence-electron chi connectivity index (χ1n) is 8.90. The summed E-state index contributed by atoms with van der Waals surface area (Å²) in [6.07, 6.45) is 4.52. The van der Waals surface area contributed by atoms with Crippen molar-refractivity contribution in [3.05, 3.63) is 69.9 Å². The summed E-state index contributed by atoms with van der Waals surface area (Å²) in [6.45, 7) is 1.16. The van der Waals surface area contributed by atoms with E-state index in [0.29, 0.717) is 40.0 Å². The van der Waals surface area contributed by atoms with Crippen LogP contribution < -0.4 is 5.56 Å². The molecule has 1 aromatic carbocycles. The molecule has 0 spiro atoms. The van der Waals surface area contributed by atoms with Gasteiger partial charge in [0.2, 0.25) is 0 Å². The van der Waals surface area contributed by atoms with Crippen LogP contribution in [0.3, 0.4) is 0 Å². The Kier molecular flexibility index (Phi) is 5.66. The van der Waals surface area contributed by atoms with E-state index in [1.807, 2.05) is 53.2 Å². The fourth-order valence-corrected chi connectivity index (χ4v) is 4.12. The minimum Gasteiger partial charge on any atom is -0.385 e. The van der Waals surface area contributed by atoms with Crippen molar-refractivity contribution >= 4 is 39.9 Å². The highest BCUT2D eigenvalue weighted by molar-refractivity contribution is 7.98. The number of methoxy groups -OCH3 is 1. The minimum atomic E-state index is -0.0222. The second-order valence-electron chi connectivity index (χ2n) is 6.35. The Bertz CT molecular complexity index is 1190. The molecule has 28 heavy (non-hydrogen) atoms. The monoisotopic (exact) mass is 414 g/mol. The first kappa shape index (κ1) is 19.0. The van der Waals surface area contributed by atoms with Crippen molar-refractivity contribution in [1.29, 1.82) is 0 Å². The van der Waals surface area contributed by atoms with Gasteiger partial charge in [-0.05, 0) is 30.7 Å². The molecule has 6 nitrogen and oxygen atoms in total. The largest absolute Gasteiger partial charge is 0.385 e. The summed E-state index contributed by atoms with van der Waals surface area (Å²) >= 11 is 7.55. The zero-order valence-corrected chi connectivity index (χ0v) is 16.9. The fourth-order valence-electron chi connectivity index (χ4n) is 3.05.